The third kappa shape index (κ3) is 4.17. The van der Waals surface area contributed by atoms with Crippen LogP contribution < -0.4 is 10.6 Å². The Morgan fingerprint density at radius 1 is 1.04 bits per heavy atom. The van der Waals surface area contributed by atoms with E-state index in [1.165, 1.54) is 0 Å². The molecular formula is C18H18N4OS. The van der Waals surface area contributed by atoms with Crippen molar-refractivity contribution in [3.05, 3.63) is 65.7 Å². The van der Waals surface area contributed by atoms with E-state index < -0.39 is 0 Å². The maximum Gasteiger partial charge on any atom is 0.229 e. The Hall–Kier alpha value is -2.73. The van der Waals surface area contributed by atoms with Gasteiger partial charge in [0.05, 0.1) is 6.54 Å². The van der Waals surface area contributed by atoms with Gasteiger partial charge >= 0.3 is 0 Å². The van der Waals surface area contributed by atoms with Crippen LogP contribution >= 0.6 is 12.2 Å². The van der Waals surface area contributed by atoms with Crippen LogP contribution in [-0.4, -0.2) is 15.1 Å². The van der Waals surface area contributed by atoms with Crippen LogP contribution in [0.3, 0.4) is 0 Å². The molecule has 0 amide bonds. The number of furan rings is 1. The van der Waals surface area contributed by atoms with Gasteiger partial charge in [0.25, 0.3) is 0 Å². The van der Waals surface area contributed by atoms with E-state index in [4.69, 9.17) is 16.6 Å². The maximum absolute atomic E-state index is 5.83. The summed E-state index contributed by atoms with van der Waals surface area (Å²) in [5.74, 6) is 2.14. The number of nitrogens with one attached hydrogen (secondary N) is 2. The minimum absolute atomic E-state index is 0.456. The standard InChI is InChI=1S/C18H18N4OS/c1-12-10-13(2)21-17(20-12)22-18(24)19-11-15-8-9-16(23-15)14-6-4-3-5-7-14/h3-10H,11H2,1-2H3,(H2,19,20,21,22,24). The molecule has 0 saturated heterocycles. The lowest BCUT2D eigenvalue weighted by atomic mass is 10.2. The molecule has 5 nitrogen and oxygen atoms in total. The molecule has 0 unspecified atom stereocenters. The van der Waals surface area contributed by atoms with E-state index in [1.54, 1.807) is 0 Å². The molecule has 2 heterocycles. The van der Waals surface area contributed by atoms with Crippen molar-refractivity contribution in [3.63, 3.8) is 0 Å². The summed E-state index contributed by atoms with van der Waals surface area (Å²) in [6, 6.07) is 15.8. The molecule has 1 aromatic carbocycles. The highest BCUT2D eigenvalue weighted by molar-refractivity contribution is 7.80. The summed E-state index contributed by atoms with van der Waals surface area (Å²) in [6.07, 6.45) is 0. The largest absolute Gasteiger partial charge is 0.459 e. The van der Waals surface area contributed by atoms with E-state index >= 15 is 0 Å². The van der Waals surface area contributed by atoms with Gasteiger partial charge in [0, 0.05) is 17.0 Å². The summed E-state index contributed by atoms with van der Waals surface area (Å²) < 4.78 is 5.83. The molecular weight excluding hydrogens is 320 g/mol. The van der Waals surface area contributed by atoms with Crippen molar-refractivity contribution in [2.24, 2.45) is 0 Å². The highest BCUT2D eigenvalue weighted by atomic mass is 32.1. The second-order valence-corrected chi connectivity index (χ2v) is 5.82. The number of aryl methyl sites for hydroxylation is 2. The van der Waals surface area contributed by atoms with Gasteiger partial charge < -0.3 is 15.1 Å². The SMILES string of the molecule is Cc1cc(C)nc(NC(=S)NCc2ccc(-c3ccccc3)o2)n1. The Balaban J connectivity index is 1.58. The zero-order valence-corrected chi connectivity index (χ0v) is 14.4. The summed E-state index contributed by atoms with van der Waals surface area (Å²) in [7, 11) is 0. The number of hydrogen-bond donors (Lipinski definition) is 2. The van der Waals surface area contributed by atoms with E-state index in [0.29, 0.717) is 17.6 Å². The second kappa shape index (κ2) is 7.23. The van der Waals surface area contributed by atoms with Crippen molar-refractivity contribution in [1.82, 2.24) is 15.3 Å². The number of anilines is 1. The van der Waals surface area contributed by atoms with E-state index in [0.717, 1.165) is 28.5 Å². The zero-order chi connectivity index (χ0) is 16.9. The third-order valence-electron chi connectivity index (χ3n) is 3.35. The van der Waals surface area contributed by atoms with Crippen LogP contribution in [0.4, 0.5) is 5.95 Å². The number of hydrogen-bond acceptors (Lipinski definition) is 4. The fraction of sp³-hybridized carbons (Fsp3) is 0.167. The van der Waals surface area contributed by atoms with Gasteiger partial charge in [0.1, 0.15) is 11.5 Å². The molecule has 0 atom stereocenters. The molecule has 2 aromatic heterocycles. The first-order valence-electron chi connectivity index (χ1n) is 7.61. The van der Waals surface area contributed by atoms with Crippen LogP contribution in [0.15, 0.2) is 52.9 Å². The molecule has 6 heteroatoms. The molecule has 2 N–H and O–H groups in total. The quantitative estimate of drug-likeness (QED) is 0.705. The Morgan fingerprint density at radius 3 is 2.46 bits per heavy atom. The minimum Gasteiger partial charge on any atom is -0.459 e. The molecule has 3 rings (SSSR count). The third-order valence-corrected chi connectivity index (χ3v) is 3.60. The maximum atomic E-state index is 5.83. The van der Waals surface area contributed by atoms with Crippen molar-refractivity contribution in [3.8, 4) is 11.3 Å². The van der Waals surface area contributed by atoms with Crippen molar-refractivity contribution >= 4 is 23.3 Å². The molecule has 0 bridgehead atoms. The fourth-order valence-electron chi connectivity index (χ4n) is 2.33. The first-order valence-corrected chi connectivity index (χ1v) is 8.02. The molecule has 122 valence electrons. The van der Waals surface area contributed by atoms with Crippen molar-refractivity contribution in [2.75, 3.05) is 5.32 Å². The summed E-state index contributed by atoms with van der Waals surface area (Å²) in [5.41, 5.74) is 2.84. The number of thiocarbonyl (C=S) groups is 1. The van der Waals surface area contributed by atoms with Gasteiger partial charge in [-0.25, -0.2) is 9.97 Å². The number of benzene rings is 1. The Morgan fingerprint density at radius 2 is 1.75 bits per heavy atom. The lowest BCUT2D eigenvalue weighted by Crippen LogP contribution is -2.28. The lowest BCUT2D eigenvalue weighted by Gasteiger charge is -2.09. The average Bonchev–Trinajstić information content (AvgIpc) is 3.02. The molecule has 0 fully saturated rings. The van der Waals surface area contributed by atoms with Gasteiger partial charge in [-0.1, -0.05) is 30.3 Å². The van der Waals surface area contributed by atoms with E-state index in [1.807, 2.05) is 62.4 Å². The van der Waals surface area contributed by atoms with Crippen LogP contribution in [0, 0.1) is 13.8 Å². The Kier molecular flexibility index (Phi) is 4.86. The van der Waals surface area contributed by atoms with Crippen LogP contribution in [0.5, 0.6) is 0 Å². The Labute approximate surface area is 146 Å². The first-order chi connectivity index (χ1) is 11.6. The van der Waals surface area contributed by atoms with Gasteiger partial charge in [-0.2, -0.15) is 0 Å². The normalized spacial score (nSPS) is 10.4. The van der Waals surface area contributed by atoms with E-state index in [-0.39, 0.29) is 0 Å². The van der Waals surface area contributed by atoms with Crippen molar-refractivity contribution < 1.29 is 4.42 Å². The smallest absolute Gasteiger partial charge is 0.229 e. The predicted octanol–water partition coefficient (Wildman–Crippen LogP) is 3.84. The lowest BCUT2D eigenvalue weighted by molar-refractivity contribution is 0.516. The molecule has 0 aliphatic heterocycles. The molecule has 0 aliphatic rings. The van der Waals surface area contributed by atoms with Gasteiger partial charge in [-0.05, 0) is 44.3 Å². The van der Waals surface area contributed by atoms with Crippen molar-refractivity contribution in [2.45, 2.75) is 20.4 Å². The number of rotatable bonds is 4. The number of nitrogens with zero attached hydrogens (tertiary/aromatic N) is 2. The Bertz CT molecular complexity index is 825. The highest BCUT2D eigenvalue weighted by Gasteiger charge is 2.06. The molecule has 0 radical (unpaired) electrons. The van der Waals surface area contributed by atoms with Gasteiger partial charge in [-0.3, -0.25) is 0 Å². The summed E-state index contributed by atoms with van der Waals surface area (Å²) in [4.78, 5) is 8.60. The summed E-state index contributed by atoms with van der Waals surface area (Å²) in [6.45, 7) is 4.33. The molecule has 0 saturated carbocycles. The van der Waals surface area contributed by atoms with Crippen LogP contribution in [0.25, 0.3) is 11.3 Å². The van der Waals surface area contributed by atoms with Gasteiger partial charge in [0.2, 0.25) is 5.95 Å². The van der Waals surface area contributed by atoms with Gasteiger partial charge in [-0.15, -0.1) is 0 Å². The highest BCUT2D eigenvalue weighted by Crippen LogP contribution is 2.21. The van der Waals surface area contributed by atoms with Crippen LogP contribution in [-0.2, 0) is 6.54 Å². The summed E-state index contributed by atoms with van der Waals surface area (Å²) in [5, 5.41) is 6.54. The zero-order valence-electron chi connectivity index (χ0n) is 13.5. The molecule has 24 heavy (non-hydrogen) atoms. The molecule has 0 spiro atoms. The van der Waals surface area contributed by atoms with Crippen LogP contribution in [0.1, 0.15) is 17.1 Å². The van der Waals surface area contributed by atoms with Crippen LogP contribution in [0.2, 0.25) is 0 Å². The molecule has 0 aliphatic carbocycles. The predicted molar refractivity (Wildman–Crippen MR) is 98.7 cm³/mol. The van der Waals surface area contributed by atoms with E-state index in [9.17, 15) is 0 Å². The monoisotopic (exact) mass is 338 g/mol. The fourth-order valence-corrected chi connectivity index (χ4v) is 2.49. The average molecular weight is 338 g/mol. The van der Waals surface area contributed by atoms with Crippen molar-refractivity contribution in [1.29, 1.82) is 0 Å². The minimum atomic E-state index is 0.456. The second-order valence-electron chi connectivity index (χ2n) is 5.41. The molecule has 3 aromatic rings. The number of aromatic nitrogens is 2. The summed E-state index contributed by atoms with van der Waals surface area (Å²) >= 11 is 5.28. The van der Waals surface area contributed by atoms with E-state index in [2.05, 4.69) is 20.6 Å². The first kappa shape index (κ1) is 16.1. The topological polar surface area (TPSA) is 63.0 Å². The van der Waals surface area contributed by atoms with Gasteiger partial charge in [0.15, 0.2) is 5.11 Å².